The summed E-state index contributed by atoms with van der Waals surface area (Å²) in [5, 5.41) is 0. The molecule has 1 atom stereocenters. The first-order valence-electron chi connectivity index (χ1n) is 7.48. The number of unbranched alkanes of at least 4 members (excludes halogenated alkanes) is 5. The minimum Gasteiger partial charge on any atom is -0.369 e. The number of methoxy groups -OCH3 is 1. The molecular weight excluding hydrogens is 236 g/mol. The standard InChI is InChI=1S/C17H28O2/c1-6-7-8-9-10-11-12-15-13(2)16(18)14(3)17(15,4)19-5/h3,6-12H2,1-2,4-5H3. The van der Waals surface area contributed by atoms with Crippen molar-refractivity contribution in [3.05, 3.63) is 23.3 Å². The maximum atomic E-state index is 12.0. The molecule has 0 aromatic heterocycles. The lowest BCUT2D eigenvalue weighted by Crippen LogP contribution is -2.30. The Morgan fingerprint density at radius 1 is 1.16 bits per heavy atom. The Hall–Kier alpha value is -0.890. The molecule has 0 aromatic rings. The van der Waals surface area contributed by atoms with Gasteiger partial charge in [0.1, 0.15) is 5.60 Å². The van der Waals surface area contributed by atoms with Crippen LogP contribution in [0.15, 0.2) is 23.3 Å². The van der Waals surface area contributed by atoms with Crippen molar-refractivity contribution in [3.63, 3.8) is 0 Å². The average molecular weight is 264 g/mol. The lowest BCUT2D eigenvalue weighted by atomic mass is 9.90. The number of hydrogen-bond acceptors (Lipinski definition) is 2. The van der Waals surface area contributed by atoms with Crippen LogP contribution < -0.4 is 0 Å². The van der Waals surface area contributed by atoms with Crippen molar-refractivity contribution in [1.29, 1.82) is 0 Å². The van der Waals surface area contributed by atoms with Crippen LogP contribution >= 0.6 is 0 Å². The quantitative estimate of drug-likeness (QED) is 0.473. The normalized spacial score (nSPS) is 23.6. The summed E-state index contributed by atoms with van der Waals surface area (Å²) >= 11 is 0. The first-order valence-corrected chi connectivity index (χ1v) is 7.48. The van der Waals surface area contributed by atoms with Crippen molar-refractivity contribution >= 4 is 5.78 Å². The largest absolute Gasteiger partial charge is 0.369 e. The van der Waals surface area contributed by atoms with Crippen molar-refractivity contribution in [3.8, 4) is 0 Å². The summed E-state index contributed by atoms with van der Waals surface area (Å²) in [5.41, 5.74) is 2.02. The van der Waals surface area contributed by atoms with E-state index in [1.807, 2.05) is 13.8 Å². The van der Waals surface area contributed by atoms with Gasteiger partial charge >= 0.3 is 0 Å². The predicted molar refractivity (Wildman–Crippen MR) is 80.3 cm³/mol. The van der Waals surface area contributed by atoms with Gasteiger partial charge in [-0.2, -0.15) is 0 Å². The van der Waals surface area contributed by atoms with Gasteiger partial charge in [0.15, 0.2) is 5.78 Å². The van der Waals surface area contributed by atoms with Crippen LogP contribution in [-0.4, -0.2) is 18.5 Å². The Morgan fingerprint density at radius 2 is 1.74 bits per heavy atom. The molecule has 0 heterocycles. The number of carbonyl (C=O) groups excluding carboxylic acids is 1. The predicted octanol–water partition coefficient (Wildman–Crippen LogP) is 4.60. The Morgan fingerprint density at radius 3 is 2.32 bits per heavy atom. The van der Waals surface area contributed by atoms with Crippen LogP contribution in [0.5, 0.6) is 0 Å². The van der Waals surface area contributed by atoms with E-state index in [1.54, 1.807) is 7.11 Å². The number of allylic oxidation sites excluding steroid dienone is 1. The lowest BCUT2D eigenvalue weighted by molar-refractivity contribution is -0.112. The minimum absolute atomic E-state index is 0.0744. The molecule has 2 nitrogen and oxygen atoms in total. The third kappa shape index (κ3) is 3.36. The summed E-state index contributed by atoms with van der Waals surface area (Å²) in [6.45, 7) is 10.0. The third-order valence-corrected chi connectivity index (χ3v) is 4.41. The van der Waals surface area contributed by atoms with E-state index in [1.165, 1.54) is 32.1 Å². The molecule has 0 bridgehead atoms. The second-order valence-electron chi connectivity index (χ2n) is 5.67. The fourth-order valence-corrected chi connectivity index (χ4v) is 2.87. The number of carbonyl (C=O) groups is 1. The molecular formula is C17H28O2. The summed E-state index contributed by atoms with van der Waals surface area (Å²) in [6.07, 6.45) is 8.54. The molecule has 0 N–H and O–H groups in total. The smallest absolute Gasteiger partial charge is 0.187 e. The molecule has 0 radical (unpaired) electrons. The number of hydrogen-bond donors (Lipinski definition) is 0. The molecule has 0 spiro atoms. The van der Waals surface area contributed by atoms with Crippen LogP contribution in [0.4, 0.5) is 0 Å². The fourth-order valence-electron chi connectivity index (χ4n) is 2.87. The van der Waals surface area contributed by atoms with E-state index >= 15 is 0 Å². The van der Waals surface area contributed by atoms with Gasteiger partial charge in [-0.05, 0) is 37.8 Å². The summed E-state index contributed by atoms with van der Waals surface area (Å²) in [7, 11) is 1.66. The highest BCUT2D eigenvalue weighted by molar-refractivity contribution is 6.13. The molecule has 0 saturated carbocycles. The summed E-state index contributed by atoms with van der Waals surface area (Å²) in [6, 6.07) is 0. The monoisotopic (exact) mass is 264 g/mol. The van der Waals surface area contributed by atoms with Crippen LogP contribution in [0.3, 0.4) is 0 Å². The van der Waals surface area contributed by atoms with E-state index in [0.29, 0.717) is 5.57 Å². The van der Waals surface area contributed by atoms with Crippen molar-refractivity contribution < 1.29 is 9.53 Å². The fraction of sp³-hybridized carbons (Fsp3) is 0.706. The van der Waals surface area contributed by atoms with Gasteiger partial charge in [0.05, 0.1) is 0 Å². The molecule has 0 amide bonds. The SMILES string of the molecule is C=C1C(=O)C(C)=C(CCCCCCCC)C1(C)OC. The molecule has 0 fully saturated rings. The van der Waals surface area contributed by atoms with Gasteiger partial charge in [0.2, 0.25) is 0 Å². The second-order valence-corrected chi connectivity index (χ2v) is 5.67. The van der Waals surface area contributed by atoms with Gasteiger partial charge in [0.25, 0.3) is 0 Å². The minimum atomic E-state index is -0.565. The van der Waals surface area contributed by atoms with Gasteiger partial charge in [-0.3, -0.25) is 4.79 Å². The summed E-state index contributed by atoms with van der Waals surface area (Å²) < 4.78 is 5.58. The molecule has 0 aromatic carbocycles. The molecule has 108 valence electrons. The van der Waals surface area contributed by atoms with Crippen molar-refractivity contribution in [2.24, 2.45) is 0 Å². The molecule has 0 aliphatic heterocycles. The third-order valence-electron chi connectivity index (χ3n) is 4.41. The zero-order chi connectivity index (χ0) is 14.5. The highest BCUT2D eigenvalue weighted by atomic mass is 16.5. The Balaban J connectivity index is 2.55. The lowest BCUT2D eigenvalue weighted by Gasteiger charge is -2.27. The Bertz CT molecular complexity index is 379. The molecule has 1 aliphatic carbocycles. The van der Waals surface area contributed by atoms with Crippen LogP contribution in [0.2, 0.25) is 0 Å². The zero-order valence-corrected chi connectivity index (χ0v) is 13.0. The van der Waals surface area contributed by atoms with Gasteiger partial charge in [0, 0.05) is 12.7 Å². The first kappa shape index (κ1) is 16.2. The molecule has 19 heavy (non-hydrogen) atoms. The van der Waals surface area contributed by atoms with E-state index in [2.05, 4.69) is 13.5 Å². The van der Waals surface area contributed by atoms with Crippen LogP contribution in [-0.2, 0) is 9.53 Å². The number of ether oxygens (including phenoxy) is 1. The molecule has 0 saturated heterocycles. The van der Waals surface area contributed by atoms with Crippen LogP contribution in [0.1, 0.15) is 65.7 Å². The van der Waals surface area contributed by atoms with E-state index in [-0.39, 0.29) is 5.78 Å². The Kier molecular flexibility index (Phi) is 5.99. The van der Waals surface area contributed by atoms with Gasteiger partial charge in [-0.1, -0.05) is 45.6 Å². The maximum absolute atomic E-state index is 12.0. The highest BCUT2D eigenvalue weighted by Crippen LogP contribution is 2.41. The first-order chi connectivity index (χ1) is 8.99. The second kappa shape index (κ2) is 7.04. The molecule has 1 rings (SSSR count). The Labute approximate surface area is 117 Å². The van der Waals surface area contributed by atoms with Crippen LogP contribution in [0.25, 0.3) is 0 Å². The van der Waals surface area contributed by atoms with Gasteiger partial charge < -0.3 is 4.74 Å². The van der Waals surface area contributed by atoms with E-state index in [9.17, 15) is 4.79 Å². The summed E-state index contributed by atoms with van der Waals surface area (Å²) in [5.74, 6) is 0.0744. The summed E-state index contributed by atoms with van der Waals surface area (Å²) in [4.78, 5) is 12.0. The van der Waals surface area contributed by atoms with E-state index < -0.39 is 5.60 Å². The van der Waals surface area contributed by atoms with Crippen LogP contribution in [0, 0.1) is 0 Å². The number of rotatable bonds is 8. The molecule has 1 aliphatic rings. The molecule has 1 unspecified atom stereocenters. The highest BCUT2D eigenvalue weighted by Gasteiger charge is 2.43. The van der Waals surface area contributed by atoms with E-state index in [4.69, 9.17) is 4.74 Å². The average Bonchev–Trinajstić information content (AvgIpc) is 2.57. The topological polar surface area (TPSA) is 26.3 Å². The zero-order valence-electron chi connectivity index (χ0n) is 13.0. The maximum Gasteiger partial charge on any atom is 0.187 e. The van der Waals surface area contributed by atoms with Gasteiger partial charge in [-0.25, -0.2) is 0 Å². The van der Waals surface area contributed by atoms with E-state index in [0.717, 1.165) is 24.0 Å². The molecule has 2 heteroatoms. The van der Waals surface area contributed by atoms with Crippen molar-refractivity contribution in [1.82, 2.24) is 0 Å². The number of Topliss-reactive ketones (excluding diaryl/α,β-unsaturated/α-hetero) is 1. The van der Waals surface area contributed by atoms with Gasteiger partial charge in [-0.15, -0.1) is 0 Å². The van der Waals surface area contributed by atoms with Crippen molar-refractivity contribution in [2.75, 3.05) is 7.11 Å². The number of ketones is 1. The van der Waals surface area contributed by atoms with Crippen molar-refractivity contribution in [2.45, 2.75) is 71.3 Å².